The van der Waals surface area contributed by atoms with Gasteiger partial charge in [-0.3, -0.25) is 0 Å². The van der Waals surface area contributed by atoms with E-state index in [1.54, 1.807) is 24.3 Å². The predicted octanol–water partition coefficient (Wildman–Crippen LogP) is 3.51. The van der Waals surface area contributed by atoms with Gasteiger partial charge in [0.2, 0.25) is 0 Å². The van der Waals surface area contributed by atoms with Gasteiger partial charge in [-0.15, -0.1) is 0 Å². The zero-order valence-electron chi connectivity index (χ0n) is 11.3. The van der Waals surface area contributed by atoms with E-state index < -0.39 is 11.5 Å². The molecule has 0 heterocycles. The molecule has 0 bridgehead atoms. The van der Waals surface area contributed by atoms with E-state index in [0.717, 1.165) is 5.56 Å². The smallest absolute Gasteiger partial charge is 0.329 e. The van der Waals surface area contributed by atoms with Crippen molar-refractivity contribution >= 4 is 29.3 Å². The molecule has 0 radical (unpaired) electrons. The van der Waals surface area contributed by atoms with Crippen LogP contribution in [0.3, 0.4) is 0 Å². The molecule has 0 spiro atoms. The Bertz CT molecular complexity index is 621. The highest BCUT2D eigenvalue weighted by molar-refractivity contribution is 7.98. The van der Waals surface area contributed by atoms with Gasteiger partial charge in [0.05, 0.1) is 0 Å². The number of benzene rings is 2. The summed E-state index contributed by atoms with van der Waals surface area (Å²) in [7, 11) is 0. The molecule has 2 rings (SSSR count). The fraction of sp³-hybridized carbons (Fsp3) is 0.188. The van der Waals surface area contributed by atoms with Crippen LogP contribution in [0.4, 0.5) is 0 Å². The minimum atomic E-state index is -1.40. The summed E-state index contributed by atoms with van der Waals surface area (Å²) < 4.78 is 0. The van der Waals surface area contributed by atoms with Crippen molar-refractivity contribution in [2.45, 2.75) is 11.3 Å². The summed E-state index contributed by atoms with van der Waals surface area (Å²) in [5.41, 5.74) is 6.29. The lowest BCUT2D eigenvalue weighted by Crippen LogP contribution is -2.47. The average Bonchev–Trinajstić information content (AvgIpc) is 2.49. The van der Waals surface area contributed by atoms with E-state index in [1.165, 1.54) is 11.8 Å². The van der Waals surface area contributed by atoms with Gasteiger partial charge in [0.15, 0.2) is 0 Å². The van der Waals surface area contributed by atoms with Crippen molar-refractivity contribution in [1.29, 1.82) is 0 Å². The first-order valence-corrected chi connectivity index (χ1v) is 7.96. The maximum Gasteiger partial charge on any atom is 0.329 e. The third kappa shape index (κ3) is 3.79. The van der Waals surface area contributed by atoms with E-state index in [9.17, 15) is 9.90 Å². The van der Waals surface area contributed by atoms with Gasteiger partial charge in [-0.1, -0.05) is 60.1 Å². The first-order valence-electron chi connectivity index (χ1n) is 6.43. The van der Waals surface area contributed by atoms with Crippen molar-refractivity contribution in [3.05, 3.63) is 70.7 Å². The standard InChI is InChI=1S/C16H16ClNO2S/c17-14-9-5-4-6-12(14)10-21-11-16(18,15(19)20)13-7-2-1-3-8-13/h1-9H,10-11,18H2,(H,19,20). The Morgan fingerprint density at radius 3 is 2.38 bits per heavy atom. The van der Waals surface area contributed by atoms with Crippen molar-refractivity contribution in [2.24, 2.45) is 5.73 Å². The summed E-state index contributed by atoms with van der Waals surface area (Å²) in [6, 6.07) is 16.4. The molecule has 3 N–H and O–H groups in total. The summed E-state index contributed by atoms with van der Waals surface area (Å²) >= 11 is 7.55. The number of carboxylic acids is 1. The molecular formula is C16H16ClNO2S. The summed E-state index contributed by atoms with van der Waals surface area (Å²) in [4.78, 5) is 11.6. The molecule has 1 atom stereocenters. The molecule has 21 heavy (non-hydrogen) atoms. The van der Waals surface area contributed by atoms with Crippen LogP contribution < -0.4 is 5.73 Å². The van der Waals surface area contributed by atoms with E-state index in [4.69, 9.17) is 17.3 Å². The van der Waals surface area contributed by atoms with Gasteiger partial charge in [-0.2, -0.15) is 11.8 Å². The summed E-state index contributed by atoms with van der Waals surface area (Å²) in [5.74, 6) is -0.128. The lowest BCUT2D eigenvalue weighted by atomic mass is 9.93. The van der Waals surface area contributed by atoms with Gasteiger partial charge in [0, 0.05) is 16.5 Å². The van der Waals surface area contributed by atoms with Crippen LogP contribution in [-0.4, -0.2) is 16.8 Å². The van der Waals surface area contributed by atoms with E-state index in [2.05, 4.69) is 0 Å². The summed E-state index contributed by atoms with van der Waals surface area (Å²) in [5, 5.41) is 10.2. The van der Waals surface area contributed by atoms with E-state index in [-0.39, 0.29) is 5.75 Å². The van der Waals surface area contributed by atoms with Crippen LogP contribution in [0.2, 0.25) is 5.02 Å². The molecule has 0 amide bonds. The maximum atomic E-state index is 11.6. The average molecular weight is 322 g/mol. The molecule has 2 aromatic rings. The number of halogens is 1. The molecule has 5 heteroatoms. The second-order valence-electron chi connectivity index (χ2n) is 4.73. The molecule has 0 fully saturated rings. The van der Waals surface area contributed by atoms with E-state index >= 15 is 0 Å². The summed E-state index contributed by atoms with van der Waals surface area (Å²) in [6.45, 7) is 0. The van der Waals surface area contributed by atoms with Gasteiger partial charge in [-0.25, -0.2) is 4.79 Å². The van der Waals surface area contributed by atoms with Crippen LogP contribution in [-0.2, 0) is 16.1 Å². The Morgan fingerprint density at radius 2 is 1.76 bits per heavy atom. The van der Waals surface area contributed by atoms with Crippen LogP contribution in [0.5, 0.6) is 0 Å². The van der Waals surface area contributed by atoms with Crippen molar-refractivity contribution in [3.63, 3.8) is 0 Å². The molecular weight excluding hydrogens is 306 g/mol. The first kappa shape index (κ1) is 15.9. The number of carboxylic acid groups (broad SMARTS) is 1. The van der Waals surface area contributed by atoms with Crippen molar-refractivity contribution in [1.82, 2.24) is 0 Å². The molecule has 2 aromatic carbocycles. The second-order valence-corrected chi connectivity index (χ2v) is 6.12. The Balaban J connectivity index is 2.08. The van der Waals surface area contributed by atoms with Gasteiger partial charge in [0.1, 0.15) is 5.54 Å². The van der Waals surface area contributed by atoms with Crippen molar-refractivity contribution < 1.29 is 9.90 Å². The lowest BCUT2D eigenvalue weighted by Gasteiger charge is -2.25. The number of hydrogen-bond acceptors (Lipinski definition) is 3. The number of carbonyl (C=O) groups is 1. The lowest BCUT2D eigenvalue weighted by molar-refractivity contribution is -0.142. The van der Waals surface area contributed by atoms with Crippen LogP contribution in [0.15, 0.2) is 54.6 Å². The van der Waals surface area contributed by atoms with E-state index in [1.807, 2.05) is 30.3 Å². The molecule has 3 nitrogen and oxygen atoms in total. The number of rotatable bonds is 6. The normalized spacial score (nSPS) is 13.6. The first-order chi connectivity index (χ1) is 10.0. The quantitative estimate of drug-likeness (QED) is 0.854. The SMILES string of the molecule is NC(CSCc1ccccc1Cl)(C(=O)O)c1ccccc1. The molecule has 0 aliphatic carbocycles. The van der Waals surface area contributed by atoms with Gasteiger partial charge in [-0.05, 0) is 17.2 Å². The number of thioether (sulfide) groups is 1. The predicted molar refractivity (Wildman–Crippen MR) is 87.6 cm³/mol. The molecule has 0 aliphatic heterocycles. The zero-order valence-corrected chi connectivity index (χ0v) is 12.9. The fourth-order valence-electron chi connectivity index (χ4n) is 1.94. The van der Waals surface area contributed by atoms with Gasteiger partial charge >= 0.3 is 5.97 Å². The maximum absolute atomic E-state index is 11.6. The van der Waals surface area contributed by atoms with Crippen LogP contribution in [0, 0.1) is 0 Å². The zero-order chi connectivity index (χ0) is 15.3. The fourth-order valence-corrected chi connectivity index (χ4v) is 3.41. The minimum Gasteiger partial charge on any atom is -0.480 e. The monoisotopic (exact) mass is 321 g/mol. The Labute approximate surface area is 133 Å². The van der Waals surface area contributed by atoms with Crippen molar-refractivity contribution in [3.8, 4) is 0 Å². The molecule has 0 saturated carbocycles. The highest BCUT2D eigenvalue weighted by Gasteiger charge is 2.35. The Morgan fingerprint density at radius 1 is 1.14 bits per heavy atom. The van der Waals surface area contributed by atoms with Gasteiger partial charge in [0.25, 0.3) is 0 Å². The number of aliphatic carboxylic acids is 1. The largest absolute Gasteiger partial charge is 0.480 e. The number of hydrogen-bond donors (Lipinski definition) is 2. The third-order valence-electron chi connectivity index (χ3n) is 3.22. The van der Waals surface area contributed by atoms with Crippen LogP contribution in [0.25, 0.3) is 0 Å². The highest BCUT2D eigenvalue weighted by atomic mass is 35.5. The second kappa shape index (κ2) is 6.98. The highest BCUT2D eigenvalue weighted by Crippen LogP contribution is 2.27. The summed E-state index contributed by atoms with van der Waals surface area (Å²) in [6.07, 6.45) is 0. The molecule has 110 valence electrons. The number of nitrogens with two attached hydrogens (primary N) is 1. The van der Waals surface area contributed by atoms with Gasteiger partial charge < -0.3 is 10.8 Å². The third-order valence-corrected chi connectivity index (χ3v) is 4.76. The molecule has 0 aliphatic rings. The van der Waals surface area contributed by atoms with E-state index in [0.29, 0.717) is 16.3 Å². The Kier molecular flexibility index (Phi) is 5.28. The Hall–Kier alpha value is -1.49. The topological polar surface area (TPSA) is 63.3 Å². The van der Waals surface area contributed by atoms with Crippen LogP contribution >= 0.6 is 23.4 Å². The molecule has 0 aromatic heterocycles. The molecule has 1 unspecified atom stereocenters. The molecule has 0 saturated heterocycles. The van der Waals surface area contributed by atoms with Crippen LogP contribution in [0.1, 0.15) is 11.1 Å². The van der Waals surface area contributed by atoms with Crippen molar-refractivity contribution in [2.75, 3.05) is 5.75 Å². The minimum absolute atomic E-state index is 0.275.